The smallest absolute Gasteiger partial charge is 0.227 e. The number of nitrogens with zero attached hydrogens (tertiary/aromatic N) is 1. The summed E-state index contributed by atoms with van der Waals surface area (Å²) in [4.78, 5) is 13.7. The van der Waals surface area contributed by atoms with Crippen LogP contribution in [0.3, 0.4) is 0 Å². The molecule has 0 aromatic heterocycles. The van der Waals surface area contributed by atoms with Crippen molar-refractivity contribution in [3.8, 4) is 0 Å². The van der Waals surface area contributed by atoms with Gasteiger partial charge in [0.25, 0.3) is 0 Å². The Bertz CT molecular complexity index is 500. The minimum atomic E-state index is -0.805. The van der Waals surface area contributed by atoms with Crippen LogP contribution in [0.15, 0.2) is 12.1 Å². The van der Waals surface area contributed by atoms with Crippen LogP contribution in [-0.2, 0) is 23.2 Å². The van der Waals surface area contributed by atoms with Crippen molar-refractivity contribution in [1.29, 1.82) is 0 Å². The highest BCUT2D eigenvalue weighted by molar-refractivity contribution is 5.98. The molecule has 3 nitrogen and oxygen atoms in total. The summed E-state index contributed by atoms with van der Waals surface area (Å²) in [6.45, 7) is 4.42. The molecule has 0 bridgehead atoms. The van der Waals surface area contributed by atoms with Gasteiger partial charge in [-0.25, -0.2) is 0 Å². The molecule has 0 radical (unpaired) electrons. The van der Waals surface area contributed by atoms with Crippen LogP contribution in [-0.4, -0.2) is 17.6 Å². The average molecular weight is 231 g/mol. The Kier molecular flexibility index (Phi) is 2.11. The molecule has 90 valence electrons. The molecule has 0 spiro atoms. The SMILES string of the molecule is CC(C)(O)c1cc2c3c(c1)CCN3C(=O)CC2. The Morgan fingerprint density at radius 3 is 2.47 bits per heavy atom. The predicted molar refractivity (Wildman–Crippen MR) is 66.1 cm³/mol. The van der Waals surface area contributed by atoms with Crippen LogP contribution in [0.1, 0.15) is 37.0 Å². The quantitative estimate of drug-likeness (QED) is 0.800. The van der Waals surface area contributed by atoms with Gasteiger partial charge in [-0.2, -0.15) is 0 Å². The number of hydrogen-bond donors (Lipinski definition) is 1. The maximum atomic E-state index is 11.8. The Morgan fingerprint density at radius 2 is 1.82 bits per heavy atom. The van der Waals surface area contributed by atoms with Crippen molar-refractivity contribution in [2.75, 3.05) is 11.4 Å². The summed E-state index contributed by atoms with van der Waals surface area (Å²) in [6.07, 6.45) is 2.32. The third-order valence-corrected chi connectivity index (χ3v) is 3.76. The van der Waals surface area contributed by atoms with Crippen LogP contribution < -0.4 is 4.90 Å². The zero-order valence-corrected chi connectivity index (χ0v) is 10.3. The molecule has 17 heavy (non-hydrogen) atoms. The van der Waals surface area contributed by atoms with E-state index >= 15 is 0 Å². The lowest BCUT2D eigenvalue weighted by atomic mass is 9.90. The molecule has 2 aliphatic heterocycles. The first-order chi connectivity index (χ1) is 7.97. The van der Waals surface area contributed by atoms with Gasteiger partial charge < -0.3 is 10.0 Å². The van der Waals surface area contributed by atoms with Crippen molar-refractivity contribution in [3.05, 3.63) is 28.8 Å². The molecule has 0 fully saturated rings. The van der Waals surface area contributed by atoms with Gasteiger partial charge >= 0.3 is 0 Å². The number of hydrogen-bond acceptors (Lipinski definition) is 2. The van der Waals surface area contributed by atoms with Crippen molar-refractivity contribution in [1.82, 2.24) is 0 Å². The van der Waals surface area contributed by atoms with Crippen molar-refractivity contribution >= 4 is 11.6 Å². The molecule has 1 amide bonds. The summed E-state index contributed by atoms with van der Waals surface area (Å²) in [5, 5.41) is 10.1. The maximum absolute atomic E-state index is 11.8. The zero-order valence-electron chi connectivity index (χ0n) is 10.3. The summed E-state index contributed by atoms with van der Waals surface area (Å²) in [5.41, 5.74) is 3.71. The van der Waals surface area contributed by atoms with Gasteiger partial charge in [-0.3, -0.25) is 4.79 Å². The highest BCUT2D eigenvalue weighted by Crippen LogP contribution is 2.39. The van der Waals surface area contributed by atoms with Crippen LogP contribution in [0.4, 0.5) is 5.69 Å². The van der Waals surface area contributed by atoms with Crippen molar-refractivity contribution in [2.24, 2.45) is 0 Å². The molecule has 1 N–H and O–H groups in total. The van der Waals surface area contributed by atoms with E-state index in [4.69, 9.17) is 0 Å². The molecule has 3 rings (SSSR count). The number of aliphatic hydroxyl groups is 1. The lowest BCUT2D eigenvalue weighted by Crippen LogP contribution is -2.33. The minimum absolute atomic E-state index is 0.243. The average Bonchev–Trinajstić information content (AvgIpc) is 2.67. The number of rotatable bonds is 1. The fourth-order valence-electron chi connectivity index (χ4n) is 2.81. The Hall–Kier alpha value is -1.35. The Morgan fingerprint density at radius 1 is 1.18 bits per heavy atom. The van der Waals surface area contributed by atoms with Crippen molar-refractivity contribution < 1.29 is 9.90 Å². The van der Waals surface area contributed by atoms with Crippen LogP contribution in [0.25, 0.3) is 0 Å². The number of anilines is 1. The normalized spacial score (nSPS) is 18.5. The van der Waals surface area contributed by atoms with Gasteiger partial charge in [0.2, 0.25) is 5.91 Å². The number of aryl methyl sites for hydroxylation is 1. The van der Waals surface area contributed by atoms with Gasteiger partial charge in [-0.1, -0.05) is 12.1 Å². The summed E-state index contributed by atoms with van der Waals surface area (Å²) in [6, 6.07) is 4.11. The number of carbonyl (C=O) groups excluding carboxylic acids is 1. The second-order valence-corrected chi connectivity index (χ2v) is 5.50. The highest BCUT2D eigenvalue weighted by atomic mass is 16.3. The molecule has 0 aliphatic carbocycles. The highest BCUT2D eigenvalue weighted by Gasteiger charge is 2.32. The van der Waals surface area contributed by atoms with E-state index in [1.165, 1.54) is 11.1 Å². The molecule has 3 heteroatoms. The zero-order chi connectivity index (χ0) is 12.2. The summed E-state index contributed by atoms with van der Waals surface area (Å²) in [7, 11) is 0. The second kappa shape index (κ2) is 3.33. The molecule has 0 unspecified atom stereocenters. The van der Waals surface area contributed by atoms with E-state index < -0.39 is 5.60 Å². The molecule has 2 aliphatic rings. The first kappa shape index (κ1) is 10.8. The van der Waals surface area contributed by atoms with E-state index in [0.29, 0.717) is 6.42 Å². The fraction of sp³-hybridized carbons (Fsp3) is 0.500. The largest absolute Gasteiger partial charge is 0.386 e. The van der Waals surface area contributed by atoms with Crippen LogP contribution in [0, 0.1) is 0 Å². The van der Waals surface area contributed by atoms with Crippen molar-refractivity contribution in [3.63, 3.8) is 0 Å². The number of benzene rings is 1. The van der Waals surface area contributed by atoms with Crippen LogP contribution in [0.5, 0.6) is 0 Å². The fourth-order valence-corrected chi connectivity index (χ4v) is 2.81. The number of amides is 1. The van der Waals surface area contributed by atoms with Gasteiger partial charge in [0.05, 0.1) is 11.3 Å². The molecular formula is C14H17NO2. The van der Waals surface area contributed by atoms with Crippen LogP contribution >= 0.6 is 0 Å². The van der Waals surface area contributed by atoms with Gasteiger partial charge in [0.1, 0.15) is 0 Å². The van der Waals surface area contributed by atoms with E-state index in [0.717, 1.165) is 30.6 Å². The third kappa shape index (κ3) is 1.57. The second-order valence-electron chi connectivity index (χ2n) is 5.50. The van der Waals surface area contributed by atoms with Crippen molar-refractivity contribution in [2.45, 2.75) is 38.7 Å². The van der Waals surface area contributed by atoms with Gasteiger partial charge in [0, 0.05) is 13.0 Å². The summed E-state index contributed by atoms with van der Waals surface area (Å²) < 4.78 is 0. The number of carbonyl (C=O) groups is 1. The van der Waals surface area contributed by atoms with E-state index in [1.807, 2.05) is 18.7 Å². The lowest BCUT2D eigenvalue weighted by molar-refractivity contribution is -0.118. The molecule has 0 saturated heterocycles. The van der Waals surface area contributed by atoms with E-state index in [-0.39, 0.29) is 5.91 Å². The van der Waals surface area contributed by atoms with Gasteiger partial charge in [0.15, 0.2) is 0 Å². The van der Waals surface area contributed by atoms with E-state index in [9.17, 15) is 9.90 Å². The predicted octanol–water partition coefficient (Wildman–Crippen LogP) is 1.75. The minimum Gasteiger partial charge on any atom is -0.386 e. The molecule has 2 heterocycles. The monoisotopic (exact) mass is 231 g/mol. The molecule has 1 aromatic carbocycles. The standard InChI is InChI=1S/C14H17NO2/c1-14(2,17)11-7-9-3-4-12(16)15-6-5-10(8-11)13(9)15/h7-8,17H,3-6H2,1-2H3. The van der Waals surface area contributed by atoms with Gasteiger partial charge in [-0.05, 0) is 43.4 Å². The van der Waals surface area contributed by atoms with Gasteiger partial charge in [-0.15, -0.1) is 0 Å². The molecule has 0 atom stereocenters. The van der Waals surface area contributed by atoms with E-state index in [2.05, 4.69) is 12.1 Å². The van der Waals surface area contributed by atoms with E-state index in [1.54, 1.807) is 0 Å². The maximum Gasteiger partial charge on any atom is 0.227 e. The summed E-state index contributed by atoms with van der Waals surface area (Å²) >= 11 is 0. The molecule has 0 saturated carbocycles. The first-order valence-corrected chi connectivity index (χ1v) is 6.16. The van der Waals surface area contributed by atoms with Crippen LogP contribution in [0.2, 0.25) is 0 Å². The third-order valence-electron chi connectivity index (χ3n) is 3.76. The first-order valence-electron chi connectivity index (χ1n) is 6.16. The Labute approximate surface area is 101 Å². The summed E-state index contributed by atoms with van der Waals surface area (Å²) in [5.74, 6) is 0.243. The topological polar surface area (TPSA) is 40.5 Å². The molecular weight excluding hydrogens is 214 g/mol. The molecule has 1 aromatic rings. The lowest BCUT2D eigenvalue weighted by Gasteiger charge is -2.27. The Balaban J connectivity index is 2.17.